The van der Waals surface area contributed by atoms with Crippen molar-refractivity contribution in [3.8, 4) is 5.75 Å². The summed E-state index contributed by atoms with van der Waals surface area (Å²) in [7, 11) is 6.90. The van der Waals surface area contributed by atoms with Gasteiger partial charge >= 0.3 is 11.9 Å². The quantitative estimate of drug-likeness (QED) is 0.232. The second-order valence-corrected chi connectivity index (χ2v) is 16.5. The van der Waals surface area contributed by atoms with Crippen molar-refractivity contribution in [2.24, 2.45) is 29.6 Å². The van der Waals surface area contributed by atoms with Gasteiger partial charge in [0.2, 0.25) is 5.91 Å². The third kappa shape index (κ3) is 4.69. The maximum atomic E-state index is 14.4. The number of rotatable bonds is 6. The molecule has 0 spiro atoms. The Morgan fingerprint density at radius 3 is 2.47 bits per heavy atom. The van der Waals surface area contributed by atoms with Crippen molar-refractivity contribution in [3.05, 3.63) is 64.5 Å². The van der Waals surface area contributed by atoms with E-state index in [4.69, 9.17) is 14.2 Å². The fourth-order valence-electron chi connectivity index (χ4n) is 12.3. The summed E-state index contributed by atoms with van der Waals surface area (Å²) < 4.78 is 17.6. The zero-order valence-corrected chi connectivity index (χ0v) is 31.8. The highest BCUT2D eigenvalue weighted by Crippen LogP contribution is 2.57. The van der Waals surface area contributed by atoms with Gasteiger partial charge < -0.3 is 34.0 Å². The lowest BCUT2D eigenvalue weighted by molar-refractivity contribution is -0.172. The molecule has 9 atom stereocenters. The maximum absolute atomic E-state index is 14.4. The number of para-hydroxylation sites is 1. The molecule has 10 nitrogen and oxygen atoms in total. The van der Waals surface area contributed by atoms with E-state index >= 15 is 0 Å². The molecule has 1 saturated carbocycles. The number of aromatic nitrogens is 2. The highest BCUT2D eigenvalue weighted by molar-refractivity contribution is 5.97. The third-order valence-electron chi connectivity index (χ3n) is 14.5. The largest absolute Gasteiger partial charge is 0.496 e. The number of amides is 1. The molecule has 1 amide bonds. The Balaban J connectivity index is 1.32. The van der Waals surface area contributed by atoms with Crippen LogP contribution in [0.15, 0.2) is 36.4 Å². The highest BCUT2D eigenvalue weighted by atomic mass is 16.5. The van der Waals surface area contributed by atoms with Crippen LogP contribution < -0.4 is 4.74 Å². The topological polar surface area (TPSA) is 117 Å². The van der Waals surface area contributed by atoms with Crippen molar-refractivity contribution in [2.75, 3.05) is 41.5 Å². The smallest absolute Gasteiger partial charge is 0.319 e. The van der Waals surface area contributed by atoms with E-state index in [1.54, 1.807) is 7.11 Å². The number of H-pyrrole nitrogens is 2. The summed E-state index contributed by atoms with van der Waals surface area (Å²) in [6.45, 7) is 5.90. The number of methoxy groups -OCH3 is 3. The molecule has 4 aromatic rings. The van der Waals surface area contributed by atoms with E-state index in [0.29, 0.717) is 25.3 Å². The molecule has 6 aliphatic rings. The van der Waals surface area contributed by atoms with Crippen molar-refractivity contribution in [3.63, 3.8) is 0 Å². The van der Waals surface area contributed by atoms with E-state index in [1.165, 1.54) is 25.2 Å². The monoisotopic (exact) mass is 720 g/mol. The number of likely N-dealkylation sites (N-methyl/N-ethyl adjacent to an activating group) is 1. The Morgan fingerprint density at radius 1 is 0.943 bits per heavy atom. The van der Waals surface area contributed by atoms with E-state index in [9.17, 15) is 14.4 Å². The fraction of sp³-hybridized carbons (Fsp3) is 0.558. The van der Waals surface area contributed by atoms with Crippen LogP contribution in [0, 0.1) is 29.6 Å². The first-order valence-electron chi connectivity index (χ1n) is 19.7. The molecule has 4 fully saturated rings. The lowest BCUT2D eigenvalue weighted by Gasteiger charge is -2.57. The normalized spacial score (nSPS) is 32.1. The standard InChI is InChI=1S/C43H52N4O6/c1-7-22-17-24-20-43(42(50)53-6)38-27(15-16-47(39(22)43)40(24)48)26-13-14-33(51-4)35(37(26)45-38)30-18-28-23(8-2)21-46(3)32(34(28)41(49)52-5)19-29-25-11-9-10-12-31(25)44-36(29)30/h9-14,22-24,28,30,32,34,39,44-45H,7-8,15-21H2,1-6H3/t22-,23+,24+,28-,30+,32-,34-,39-,43+/m0/s1. The van der Waals surface area contributed by atoms with Crippen LogP contribution in [0.4, 0.5) is 0 Å². The van der Waals surface area contributed by atoms with Crippen LogP contribution >= 0.6 is 0 Å². The molecule has 53 heavy (non-hydrogen) atoms. The molecule has 6 heterocycles. The first-order chi connectivity index (χ1) is 25.7. The van der Waals surface area contributed by atoms with Crippen LogP contribution in [0.2, 0.25) is 0 Å². The second kappa shape index (κ2) is 12.6. The van der Waals surface area contributed by atoms with Crippen LogP contribution in [0.3, 0.4) is 0 Å². The minimum absolute atomic E-state index is 0.00667. The number of nitrogens with one attached hydrogen (secondary N) is 2. The van der Waals surface area contributed by atoms with Gasteiger partial charge in [-0.15, -0.1) is 0 Å². The molecule has 3 saturated heterocycles. The summed E-state index contributed by atoms with van der Waals surface area (Å²) in [5.74, 6) is 0.487. The molecular formula is C43H52N4O6. The van der Waals surface area contributed by atoms with Gasteiger partial charge in [-0.25, -0.2) is 0 Å². The second-order valence-electron chi connectivity index (χ2n) is 16.5. The zero-order valence-electron chi connectivity index (χ0n) is 31.8. The number of benzene rings is 2. The number of hydrogen-bond acceptors (Lipinski definition) is 7. The number of esters is 2. The lowest BCUT2D eigenvalue weighted by Crippen LogP contribution is -2.69. The minimum Gasteiger partial charge on any atom is -0.496 e. The van der Waals surface area contributed by atoms with Gasteiger partial charge in [0, 0.05) is 64.2 Å². The highest BCUT2D eigenvalue weighted by Gasteiger charge is 2.65. The van der Waals surface area contributed by atoms with Gasteiger partial charge in [-0.2, -0.15) is 0 Å². The van der Waals surface area contributed by atoms with Crippen LogP contribution in [0.1, 0.15) is 79.9 Å². The first kappa shape index (κ1) is 34.5. The predicted molar refractivity (Wildman–Crippen MR) is 202 cm³/mol. The van der Waals surface area contributed by atoms with Crippen molar-refractivity contribution in [2.45, 2.75) is 82.2 Å². The summed E-state index contributed by atoms with van der Waals surface area (Å²) in [5.41, 5.74) is 6.48. The van der Waals surface area contributed by atoms with E-state index in [2.05, 4.69) is 72.2 Å². The number of hydrogen-bond donors (Lipinski definition) is 2. The number of carbonyl (C=O) groups is 3. The maximum Gasteiger partial charge on any atom is 0.319 e. The Morgan fingerprint density at radius 2 is 1.74 bits per heavy atom. The number of carbonyl (C=O) groups excluding carboxylic acids is 3. The van der Waals surface area contributed by atoms with E-state index in [-0.39, 0.29) is 59.5 Å². The van der Waals surface area contributed by atoms with Crippen LogP contribution in [-0.2, 0) is 42.1 Å². The van der Waals surface area contributed by atoms with Crippen LogP contribution in [0.5, 0.6) is 5.75 Å². The van der Waals surface area contributed by atoms with Crippen molar-refractivity contribution >= 4 is 39.7 Å². The Bertz CT molecular complexity index is 2140. The van der Waals surface area contributed by atoms with Crippen LogP contribution in [0.25, 0.3) is 21.8 Å². The third-order valence-corrected chi connectivity index (χ3v) is 14.5. The van der Waals surface area contributed by atoms with Crippen molar-refractivity contribution in [1.82, 2.24) is 19.8 Å². The lowest BCUT2D eigenvalue weighted by atomic mass is 9.56. The number of likely N-dealkylation sites (tertiary alicyclic amines) is 1. The summed E-state index contributed by atoms with van der Waals surface area (Å²) in [5, 5.41) is 2.23. The number of aromatic amines is 2. The molecule has 0 radical (unpaired) electrons. The Labute approximate surface area is 310 Å². The number of nitrogens with zero attached hydrogens (tertiary/aromatic N) is 2. The minimum atomic E-state index is -0.987. The first-order valence-corrected chi connectivity index (χ1v) is 19.7. The van der Waals surface area contributed by atoms with Gasteiger partial charge in [0.1, 0.15) is 11.2 Å². The number of piperidine rings is 3. The Hall–Kier alpha value is -4.31. The summed E-state index contributed by atoms with van der Waals surface area (Å²) in [4.78, 5) is 54.3. The van der Waals surface area contributed by atoms with Gasteiger partial charge in [-0.1, -0.05) is 44.9 Å². The molecule has 0 unspecified atom stereocenters. The molecule has 2 aromatic carbocycles. The van der Waals surface area contributed by atoms with Crippen molar-refractivity contribution < 1.29 is 28.6 Å². The van der Waals surface area contributed by atoms with Crippen molar-refractivity contribution in [1.29, 1.82) is 0 Å². The average Bonchev–Trinajstić information content (AvgIpc) is 3.70. The van der Waals surface area contributed by atoms with E-state index in [0.717, 1.165) is 83.3 Å². The molecule has 2 aliphatic carbocycles. The van der Waals surface area contributed by atoms with Gasteiger partial charge in [0.25, 0.3) is 0 Å². The molecular weight excluding hydrogens is 668 g/mol. The fourth-order valence-corrected chi connectivity index (χ4v) is 12.3. The molecule has 10 rings (SSSR count). The summed E-state index contributed by atoms with van der Waals surface area (Å²) in [6, 6.07) is 12.4. The Kier molecular flexibility index (Phi) is 8.22. The van der Waals surface area contributed by atoms with E-state index < -0.39 is 5.41 Å². The number of fused-ring (bicyclic) bond motifs is 9. The zero-order chi connectivity index (χ0) is 36.9. The molecule has 2 N–H and O–H groups in total. The summed E-state index contributed by atoms with van der Waals surface area (Å²) in [6.07, 6.45) is 5.20. The molecule has 2 aromatic heterocycles. The van der Waals surface area contributed by atoms with E-state index in [1.807, 2.05) is 4.90 Å². The molecule has 4 aliphatic heterocycles. The van der Waals surface area contributed by atoms with Gasteiger partial charge in [0.15, 0.2) is 0 Å². The summed E-state index contributed by atoms with van der Waals surface area (Å²) >= 11 is 0. The van der Waals surface area contributed by atoms with Gasteiger partial charge in [0.05, 0.1) is 38.8 Å². The van der Waals surface area contributed by atoms with Gasteiger partial charge in [-0.3, -0.25) is 14.4 Å². The van der Waals surface area contributed by atoms with Gasteiger partial charge in [-0.05, 0) is 86.2 Å². The average molecular weight is 721 g/mol. The molecule has 280 valence electrons. The predicted octanol–water partition coefficient (Wildman–Crippen LogP) is 6.10. The number of ether oxygens (including phenoxy) is 3. The molecule has 6 bridgehead atoms. The SMILES string of the molecule is CC[C@@H]1CN(C)[C@H]2Cc3c([nH]c4ccccc34)[C@@H](c3c(OC)ccc4c5c([nH]c34)[C@]3(C(=O)OC)C[C@H]4C[C@H](CC)[C@@H]3N(CC5)C4=O)C[C@@H]1[C@@H]2C(=O)OC. The van der Waals surface area contributed by atoms with Crippen LogP contribution in [-0.4, -0.2) is 91.2 Å². The molecule has 10 heteroatoms.